The SMILES string of the molecule is O=C1CCCN1S(=O)[O-]. The molecule has 0 N–H and O–H groups in total. The first-order valence-corrected chi connectivity index (χ1v) is 3.65. The zero-order valence-electron chi connectivity index (χ0n) is 4.70. The van der Waals surface area contributed by atoms with Gasteiger partial charge in [-0.3, -0.25) is 13.3 Å². The molecule has 1 heterocycles. The van der Waals surface area contributed by atoms with E-state index in [4.69, 9.17) is 0 Å². The summed E-state index contributed by atoms with van der Waals surface area (Å²) >= 11 is -2.34. The Labute approximate surface area is 55.3 Å². The van der Waals surface area contributed by atoms with E-state index in [9.17, 15) is 13.6 Å². The van der Waals surface area contributed by atoms with Crippen LogP contribution in [0, 0.1) is 0 Å². The van der Waals surface area contributed by atoms with Gasteiger partial charge in [-0.05, 0) is 6.42 Å². The van der Waals surface area contributed by atoms with Crippen LogP contribution in [0.5, 0.6) is 0 Å². The number of hydrogen-bond donors (Lipinski definition) is 0. The van der Waals surface area contributed by atoms with Gasteiger partial charge in [0.1, 0.15) is 0 Å². The fourth-order valence-electron chi connectivity index (χ4n) is 0.781. The minimum absolute atomic E-state index is 0.289. The van der Waals surface area contributed by atoms with E-state index in [-0.39, 0.29) is 5.91 Å². The van der Waals surface area contributed by atoms with Crippen molar-refractivity contribution in [2.24, 2.45) is 0 Å². The predicted molar refractivity (Wildman–Crippen MR) is 29.9 cm³/mol. The molecular formula is C4H6NO3S-. The lowest BCUT2D eigenvalue weighted by atomic mass is 10.4. The third-order valence-electron chi connectivity index (χ3n) is 1.21. The van der Waals surface area contributed by atoms with E-state index in [1.54, 1.807) is 0 Å². The third kappa shape index (κ3) is 1.28. The second kappa shape index (κ2) is 2.45. The first-order chi connectivity index (χ1) is 4.22. The highest BCUT2D eigenvalue weighted by Gasteiger charge is 2.19. The second-order valence-corrected chi connectivity index (χ2v) is 2.69. The summed E-state index contributed by atoms with van der Waals surface area (Å²) in [7, 11) is 0. The second-order valence-electron chi connectivity index (χ2n) is 1.82. The average Bonchev–Trinajstić information content (AvgIpc) is 2.13. The van der Waals surface area contributed by atoms with Gasteiger partial charge in [-0.25, -0.2) is 0 Å². The molecule has 1 aliphatic rings. The molecule has 9 heavy (non-hydrogen) atoms. The van der Waals surface area contributed by atoms with Gasteiger partial charge in [-0.2, -0.15) is 0 Å². The van der Waals surface area contributed by atoms with Crippen molar-refractivity contribution in [1.29, 1.82) is 0 Å². The fraction of sp³-hybridized carbons (Fsp3) is 0.750. The molecule has 1 amide bonds. The van der Waals surface area contributed by atoms with Crippen LogP contribution in [0.2, 0.25) is 0 Å². The van der Waals surface area contributed by atoms with Crippen molar-refractivity contribution in [2.45, 2.75) is 12.8 Å². The van der Waals surface area contributed by atoms with Crippen molar-refractivity contribution in [3.63, 3.8) is 0 Å². The molecule has 1 aliphatic heterocycles. The van der Waals surface area contributed by atoms with E-state index in [0.717, 1.165) is 4.31 Å². The number of rotatable bonds is 1. The Hall–Kier alpha value is -0.420. The number of amides is 1. The van der Waals surface area contributed by atoms with Gasteiger partial charge >= 0.3 is 0 Å². The molecule has 0 radical (unpaired) electrons. The number of hydrogen-bond acceptors (Lipinski definition) is 3. The van der Waals surface area contributed by atoms with Gasteiger partial charge in [-0.1, -0.05) is 0 Å². The highest BCUT2D eigenvalue weighted by atomic mass is 32.2. The summed E-state index contributed by atoms with van der Waals surface area (Å²) in [6.45, 7) is 0.356. The Morgan fingerprint density at radius 1 is 1.67 bits per heavy atom. The lowest BCUT2D eigenvalue weighted by Crippen LogP contribution is -2.26. The Morgan fingerprint density at radius 2 is 2.33 bits per heavy atom. The molecule has 52 valence electrons. The van der Waals surface area contributed by atoms with Crippen LogP contribution in [0.1, 0.15) is 12.8 Å². The summed E-state index contributed by atoms with van der Waals surface area (Å²) in [5.41, 5.74) is 0. The van der Waals surface area contributed by atoms with Gasteiger partial charge in [0.2, 0.25) is 5.91 Å². The van der Waals surface area contributed by atoms with E-state index >= 15 is 0 Å². The minimum Gasteiger partial charge on any atom is -0.755 e. The van der Waals surface area contributed by atoms with Crippen molar-refractivity contribution in [3.05, 3.63) is 0 Å². The highest BCUT2D eigenvalue weighted by Crippen LogP contribution is 2.09. The van der Waals surface area contributed by atoms with Crippen LogP contribution in [-0.2, 0) is 16.1 Å². The van der Waals surface area contributed by atoms with E-state index in [0.29, 0.717) is 19.4 Å². The van der Waals surface area contributed by atoms with Gasteiger partial charge < -0.3 is 4.55 Å². The first kappa shape index (κ1) is 6.70. The topological polar surface area (TPSA) is 60.4 Å². The molecule has 0 spiro atoms. The maximum Gasteiger partial charge on any atom is 0.233 e. The molecule has 0 bridgehead atoms. The molecule has 0 aromatic rings. The summed E-state index contributed by atoms with van der Waals surface area (Å²) in [4.78, 5) is 10.5. The van der Waals surface area contributed by atoms with Crippen molar-refractivity contribution in [2.75, 3.05) is 6.54 Å². The molecule has 0 aliphatic carbocycles. The van der Waals surface area contributed by atoms with Crippen molar-refractivity contribution >= 4 is 17.2 Å². The minimum atomic E-state index is -2.34. The number of nitrogens with zero attached hydrogens (tertiary/aromatic N) is 1. The Kier molecular flexibility index (Phi) is 1.82. The van der Waals surface area contributed by atoms with Crippen LogP contribution >= 0.6 is 0 Å². The molecule has 0 aromatic heterocycles. The van der Waals surface area contributed by atoms with Gasteiger partial charge in [0.05, 0.1) is 0 Å². The van der Waals surface area contributed by atoms with Crippen LogP contribution in [0.15, 0.2) is 0 Å². The maximum atomic E-state index is 10.5. The van der Waals surface area contributed by atoms with Crippen LogP contribution in [0.3, 0.4) is 0 Å². The van der Waals surface area contributed by atoms with Gasteiger partial charge in [0, 0.05) is 24.2 Å². The van der Waals surface area contributed by atoms with Gasteiger partial charge in [-0.15, -0.1) is 0 Å². The van der Waals surface area contributed by atoms with Crippen molar-refractivity contribution < 1.29 is 13.6 Å². The summed E-state index contributed by atoms with van der Waals surface area (Å²) < 4.78 is 21.1. The van der Waals surface area contributed by atoms with E-state index in [1.807, 2.05) is 0 Å². The summed E-state index contributed by atoms with van der Waals surface area (Å²) in [5, 5.41) is 0. The molecule has 1 atom stereocenters. The normalized spacial score (nSPS) is 22.8. The van der Waals surface area contributed by atoms with Crippen molar-refractivity contribution in [3.8, 4) is 0 Å². The largest absolute Gasteiger partial charge is 0.755 e. The molecule has 1 rings (SSSR count). The van der Waals surface area contributed by atoms with Crippen LogP contribution in [0.25, 0.3) is 0 Å². The molecule has 0 aromatic carbocycles. The molecular weight excluding hydrogens is 142 g/mol. The van der Waals surface area contributed by atoms with E-state index in [1.165, 1.54) is 0 Å². The van der Waals surface area contributed by atoms with E-state index in [2.05, 4.69) is 0 Å². The maximum absolute atomic E-state index is 10.5. The fourth-order valence-corrected chi connectivity index (χ4v) is 1.32. The quantitative estimate of drug-likeness (QED) is 0.466. The lowest BCUT2D eigenvalue weighted by molar-refractivity contribution is -0.123. The molecule has 1 unspecified atom stereocenters. The summed E-state index contributed by atoms with van der Waals surface area (Å²) in [6, 6.07) is 0. The lowest BCUT2D eigenvalue weighted by Gasteiger charge is -2.16. The van der Waals surface area contributed by atoms with Crippen LogP contribution in [-0.4, -0.2) is 25.5 Å². The molecule has 1 fully saturated rings. The molecule has 4 nitrogen and oxygen atoms in total. The van der Waals surface area contributed by atoms with Crippen molar-refractivity contribution in [1.82, 2.24) is 4.31 Å². The monoisotopic (exact) mass is 148 g/mol. The van der Waals surface area contributed by atoms with Gasteiger partial charge in [0.15, 0.2) is 0 Å². The average molecular weight is 148 g/mol. The summed E-state index contributed by atoms with van der Waals surface area (Å²) in [6.07, 6.45) is 1.03. The Morgan fingerprint density at radius 3 is 2.56 bits per heavy atom. The Bertz CT molecular complexity index is 158. The number of carbonyl (C=O) groups is 1. The van der Waals surface area contributed by atoms with Gasteiger partial charge in [0.25, 0.3) is 0 Å². The third-order valence-corrected chi connectivity index (χ3v) is 1.96. The zero-order valence-corrected chi connectivity index (χ0v) is 5.52. The smallest absolute Gasteiger partial charge is 0.233 e. The number of carbonyl (C=O) groups excluding carboxylic acids is 1. The predicted octanol–water partition coefficient (Wildman–Crippen LogP) is -0.597. The van der Waals surface area contributed by atoms with Crippen LogP contribution in [0.4, 0.5) is 0 Å². The highest BCUT2D eigenvalue weighted by molar-refractivity contribution is 7.77. The molecule has 1 saturated heterocycles. The standard InChI is InChI=1S/C4H7NO3S/c6-4-2-1-3-5(4)9(7)8/h1-3H2,(H,7,8)/p-1. The molecule has 5 heteroatoms. The Balaban J connectivity index is 2.60. The van der Waals surface area contributed by atoms with Crippen LogP contribution < -0.4 is 0 Å². The first-order valence-electron chi connectivity index (χ1n) is 2.61. The molecule has 0 saturated carbocycles. The summed E-state index contributed by atoms with van der Waals surface area (Å²) in [5.74, 6) is -0.289. The van der Waals surface area contributed by atoms with E-state index < -0.39 is 11.3 Å². The zero-order chi connectivity index (χ0) is 6.85.